The van der Waals surface area contributed by atoms with Gasteiger partial charge in [0.2, 0.25) is 0 Å². The van der Waals surface area contributed by atoms with Crippen LogP contribution in [0.1, 0.15) is 41.0 Å². The van der Waals surface area contributed by atoms with Crippen LogP contribution in [0.2, 0.25) is 0 Å². The van der Waals surface area contributed by atoms with Gasteiger partial charge in [0.1, 0.15) is 0 Å². The Balaban J connectivity index is 3.84. The molecular formula is C12H28NOP. The van der Waals surface area contributed by atoms with Crippen LogP contribution in [-0.2, 0) is 4.74 Å². The molecule has 0 aliphatic rings. The Morgan fingerprint density at radius 3 is 2.00 bits per heavy atom. The van der Waals surface area contributed by atoms with E-state index in [-0.39, 0.29) is 10.8 Å². The van der Waals surface area contributed by atoms with Gasteiger partial charge in [-0.2, -0.15) is 0 Å². The first-order valence-corrected chi connectivity index (χ1v) is 6.39. The van der Waals surface area contributed by atoms with Gasteiger partial charge in [0.05, 0.1) is 13.2 Å². The highest BCUT2D eigenvalue weighted by Crippen LogP contribution is 2.26. The summed E-state index contributed by atoms with van der Waals surface area (Å²) < 4.78 is 5.77. The zero-order valence-corrected chi connectivity index (χ0v) is 12.1. The molecule has 0 spiro atoms. The van der Waals surface area contributed by atoms with Crippen molar-refractivity contribution in [3.8, 4) is 0 Å². The van der Waals surface area contributed by atoms with E-state index in [1.54, 1.807) is 0 Å². The summed E-state index contributed by atoms with van der Waals surface area (Å²) in [6, 6.07) is 0. The summed E-state index contributed by atoms with van der Waals surface area (Å²) in [5.41, 5.74) is 6.65. The van der Waals surface area contributed by atoms with Crippen molar-refractivity contribution in [1.29, 1.82) is 0 Å². The molecule has 0 saturated carbocycles. The van der Waals surface area contributed by atoms with Crippen molar-refractivity contribution in [3.05, 3.63) is 0 Å². The fourth-order valence-electron chi connectivity index (χ4n) is 1.59. The Bertz CT molecular complexity index is 178. The lowest BCUT2D eigenvalue weighted by molar-refractivity contribution is 0.0154. The minimum absolute atomic E-state index is 0.0999. The van der Waals surface area contributed by atoms with Crippen molar-refractivity contribution >= 4 is 9.24 Å². The average molecular weight is 233 g/mol. The first-order chi connectivity index (χ1) is 6.68. The number of hydrogen-bond acceptors (Lipinski definition) is 2. The maximum Gasteiger partial charge on any atom is 0.0529 e. The molecule has 15 heavy (non-hydrogen) atoms. The fraction of sp³-hybridized carbons (Fsp3) is 1.00. The van der Waals surface area contributed by atoms with Crippen molar-refractivity contribution in [1.82, 2.24) is 0 Å². The highest BCUT2D eigenvalue weighted by atomic mass is 31.0. The van der Waals surface area contributed by atoms with Gasteiger partial charge in [0.15, 0.2) is 0 Å². The highest BCUT2D eigenvalue weighted by Gasteiger charge is 2.22. The van der Waals surface area contributed by atoms with Crippen molar-refractivity contribution in [3.63, 3.8) is 0 Å². The molecule has 0 aromatic heterocycles. The molecule has 2 N–H and O–H groups in total. The van der Waals surface area contributed by atoms with Gasteiger partial charge >= 0.3 is 0 Å². The molecule has 0 aliphatic carbocycles. The molecule has 0 bridgehead atoms. The summed E-state index contributed by atoms with van der Waals surface area (Å²) in [4.78, 5) is 0. The van der Waals surface area contributed by atoms with Crippen LogP contribution in [-0.4, -0.2) is 25.4 Å². The summed E-state index contributed by atoms with van der Waals surface area (Å²) in [6.07, 6.45) is 1.17. The molecule has 0 aliphatic heterocycles. The highest BCUT2D eigenvalue weighted by molar-refractivity contribution is 7.17. The van der Waals surface area contributed by atoms with E-state index in [1.807, 2.05) is 0 Å². The Kier molecular flexibility index (Phi) is 6.32. The standard InChI is InChI=1S/C12H28NOP/c1-10(15)6-11(2,3)8-14-9-12(4,5)7-13/h10H,6-9,13,15H2,1-5H3. The van der Waals surface area contributed by atoms with Gasteiger partial charge in [0.25, 0.3) is 0 Å². The number of rotatable bonds is 7. The maximum atomic E-state index is 5.77. The second-order valence-corrected chi connectivity index (χ2v) is 7.34. The monoisotopic (exact) mass is 233 g/mol. The normalized spacial score (nSPS) is 15.4. The van der Waals surface area contributed by atoms with E-state index < -0.39 is 0 Å². The topological polar surface area (TPSA) is 35.2 Å². The lowest BCUT2D eigenvalue weighted by Gasteiger charge is -2.29. The molecule has 0 amide bonds. The third-order valence-electron chi connectivity index (χ3n) is 2.41. The molecule has 0 aromatic rings. The van der Waals surface area contributed by atoms with Crippen molar-refractivity contribution < 1.29 is 4.74 Å². The average Bonchev–Trinajstić information content (AvgIpc) is 2.00. The fourth-order valence-corrected chi connectivity index (χ4v) is 2.23. The first-order valence-electron chi connectivity index (χ1n) is 5.72. The van der Waals surface area contributed by atoms with E-state index in [0.29, 0.717) is 12.2 Å². The van der Waals surface area contributed by atoms with E-state index >= 15 is 0 Å². The minimum Gasteiger partial charge on any atom is -0.380 e. The van der Waals surface area contributed by atoms with E-state index in [4.69, 9.17) is 10.5 Å². The van der Waals surface area contributed by atoms with Gasteiger partial charge in [-0.25, -0.2) is 0 Å². The van der Waals surface area contributed by atoms with E-state index in [9.17, 15) is 0 Å². The lowest BCUT2D eigenvalue weighted by Crippen LogP contribution is -2.31. The third kappa shape index (κ3) is 8.19. The number of ether oxygens (including phenoxy) is 1. The van der Waals surface area contributed by atoms with E-state index in [0.717, 1.165) is 13.2 Å². The number of hydrogen-bond donors (Lipinski definition) is 1. The largest absolute Gasteiger partial charge is 0.380 e. The van der Waals surface area contributed by atoms with Crippen molar-refractivity contribution in [2.45, 2.75) is 46.7 Å². The molecule has 2 nitrogen and oxygen atoms in total. The Morgan fingerprint density at radius 2 is 1.60 bits per heavy atom. The molecule has 3 heteroatoms. The first kappa shape index (κ1) is 15.3. The number of nitrogens with two attached hydrogens (primary N) is 1. The van der Waals surface area contributed by atoms with E-state index in [2.05, 4.69) is 43.9 Å². The smallest absolute Gasteiger partial charge is 0.0529 e. The van der Waals surface area contributed by atoms with Crippen LogP contribution in [0.25, 0.3) is 0 Å². The summed E-state index contributed by atoms with van der Waals surface area (Å²) in [5, 5.41) is 0. The molecule has 2 unspecified atom stereocenters. The second kappa shape index (κ2) is 6.18. The second-order valence-electron chi connectivity index (χ2n) is 6.21. The van der Waals surface area contributed by atoms with Crippen LogP contribution in [0.3, 0.4) is 0 Å². The van der Waals surface area contributed by atoms with Crippen molar-refractivity contribution in [2.24, 2.45) is 16.6 Å². The van der Waals surface area contributed by atoms with Crippen LogP contribution >= 0.6 is 9.24 Å². The summed E-state index contributed by atoms with van der Waals surface area (Å²) in [7, 11) is 2.84. The predicted octanol–water partition coefficient (Wildman–Crippen LogP) is 2.67. The minimum atomic E-state index is 0.0999. The zero-order valence-electron chi connectivity index (χ0n) is 11.0. The van der Waals surface area contributed by atoms with Crippen LogP contribution in [0.15, 0.2) is 0 Å². The van der Waals surface area contributed by atoms with Crippen LogP contribution in [0, 0.1) is 10.8 Å². The molecule has 0 rings (SSSR count). The predicted molar refractivity (Wildman–Crippen MR) is 71.2 cm³/mol. The molecule has 0 fully saturated rings. The molecular weight excluding hydrogens is 205 g/mol. The Morgan fingerprint density at radius 1 is 1.13 bits per heavy atom. The van der Waals surface area contributed by atoms with Crippen LogP contribution in [0.5, 0.6) is 0 Å². The molecule has 0 saturated heterocycles. The quantitative estimate of drug-likeness (QED) is 0.686. The maximum absolute atomic E-state index is 5.77. The zero-order chi connectivity index (χ0) is 12.1. The van der Waals surface area contributed by atoms with Gasteiger partial charge in [0, 0.05) is 5.41 Å². The molecule has 0 aromatic carbocycles. The van der Waals surface area contributed by atoms with Gasteiger partial charge in [-0.1, -0.05) is 34.6 Å². The Hall–Kier alpha value is 0.350. The molecule has 2 atom stereocenters. The third-order valence-corrected chi connectivity index (χ3v) is 2.65. The van der Waals surface area contributed by atoms with Gasteiger partial charge in [-0.05, 0) is 24.0 Å². The molecule has 0 heterocycles. The van der Waals surface area contributed by atoms with Crippen LogP contribution in [0.4, 0.5) is 0 Å². The van der Waals surface area contributed by atoms with Crippen LogP contribution < -0.4 is 5.73 Å². The van der Waals surface area contributed by atoms with Gasteiger partial charge in [-0.3, -0.25) is 0 Å². The summed E-state index contributed by atoms with van der Waals surface area (Å²) in [5.74, 6) is 0. The summed E-state index contributed by atoms with van der Waals surface area (Å²) >= 11 is 0. The molecule has 92 valence electrons. The lowest BCUT2D eigenvalue weighted by atomic mass is 9.88. The SMILES string of the molecule is CC(P)CC(C)(C)COCC(C)(C)CN. The van der Waals surface area contributed by atoms with E-state index in [1.165, 1.54) is 6.42 Å². The van der Waals surface area contributed by atoms with Gasteiger partial charge < -0.3 is 10.5 Å². The Labute approximate surface area is 97.5 Å². The van der Waals surface area contributed by atoms with Gasteiger partial charge in [-0.15, -0.1) is 9.24 Å². The summed E-state index contributed by atoms with van der Waals surface area (Å²) in [6.45, 7) is 13.2. The molecule has 0 radical (unpaired) electrons. The van der Waals surface area contributed by atoms with Crippen molar-refractivity contribution in [2.75, 3.05) is 19.8 Å².